The smallest absolute Gasteiger partial charge is 0.410 e. The Morgan fingerprint density at radius 1 is 0.703 bits per heavy atom. The van der Waals surface area contributed by atoms with Gasteiger partial charge in [0.15, 0.2) is 17.3 Å². The molecule has 1 fully saturated rings. The molecule has 2 aliphatic heterocycles. The molecule has 4 rings (SSSR count). The first-order valence-electron chi connectivity index (χ1n) is 36.2. The van der Waals surface area contributed by atoms with Crippen molar-refractivity contribution >= 4 is 76.5 Å². The Bertz CT molecular complexity index is 3050. The molecule has 0 unspecified atom stereocenters. The van der Waals surface area contributed by atoms with Gasteiger partial charge in [-0.25, -0.2) is 9.59 Å². The fourth-order valence-corrected chi connectivity index (χ4v) is 13.4. The van der Waals surface area contributed by atoms with Crippen molar-refractivity contribution in [1.82, 2.24) is 35.6 Å². The average molecular weight is 1410 g/mol. The maximum Gasteiger partial charge on any atom is 0.410 e. The summed E-state index contributed by atoms with van der Waals surface area (Å²) in [7, 11) is 6.53. The molecule has 2 aromatic carbocycles. The van der Waals surface area contributed by atoms with Crippen LogP contribution in [0.1, 0.15) is 192 Å². The predicted octanol–water partition coefficient (Wildman–Crippen LogP) is 9.78. The van der Waals surface area contributed by atoms with Crippen LogP contribution in [0.4, 0.5) is 15.3 Å². The number of nitrogens with one attached hydrogen (secondary N) is 4. The number of unbranched alkanes of at least 4 members (excludes halogenated alkanes) is 2. The summed E-state index contributed by atoms with van der Waals surface area (Å²) in [5.74, 6) is -4.82. The summed E-state index contributed by atoms with van der Waals surface area (Å²) in [5.41, 5.74) is 7.09. The van der Waals surface area contributed by atoms with Crippen LogP contribution in [-0.4, -0.2) is 181 Å². The van der Waals surface area contributed by atoms with Crippen LogP contribution in [0.3, 0.4) is 0 Å². The summed E-state index contributed by atoms with van der Waals surface area (Å²) in [6.07, 6.45) is 7.40. The Labute approximate surface area is 600 Å². The van der Waals surface area contributed by atoms with Crippen molar-refractivity contribution in [2.45, 2.75) is 236 Å². The minimum Gasteiger partial charge on any atom is -0.445 e. The van der Waals surface area contributed by atoms with Gasteiger partial charge in [0.1, 0.15) is 6.61 Å². The number of Topliss-reactive ketones (excluding diaryl/α,β-unsaturated/α-hetero) is 3. The van der Waals surface area contributed by atoms with Gasteiger partial charge < -0.3 is 55.9 Å². The fourth-order valence-electron chi connectivity index (χ4n) is 13.4. The molecule has 0 saturated carbocycles. The van der Waals surface area contributed by atoms with E-state index in [1.54, 1.807) is 76.1 Å². The zero-order chi connectivity index (χ0) is 76.0. The summed E-state index contributed by atoms with van der Waals surface area (Å²) in [6, 6.07) is 13.0. The van der Waals surface area contributed by atoms with Gasteiger partial charge in [0.05, 0.1) is 48.3 Å². The number of nitrogens with two attached hydrogens (primary N) is 1. The van der Waals surface area contributed by atoms with Gasteiger partial charge >= 0.3 is 12.1 Å². The molecule has 2 aromatic rings. The molecule has 6 N–H and O–H groups in total. The summed E-state index contributed by atoms with van der Waals surface area (Å²) >= 11 is 0. The van der Waals surface area contributed by atoms with Crippen LogP contribution in [0, 0.1) is 46.8 Å². The van der Waals surface area contributed by atoms with Crippen LogP contribution in [0.25, 0.3) is 0 Å². The van der Waals surface area contributed by atoms with E-state index < -0.39 is 60.0 Å². The van der Waals surface area contributed by atoms with E-state index in [0.717, 1.165) is 36.1 Å². The fraction of sp³-hybridized carbons (Fsp3) is 0.662. The number of hydrogen-bond acceptors (Lipinski definition) is 15. The number of primary amides is 1. The van der Waals surface area contributed by atoms with Gasteiger partial charge in [-0.05, 0) is 104 Å². The molecule has 2 heterocycles. The largest absolute Gasteiger partial charge is 0.445 e. The predicted molar refractivity (Wildman–Crippen MR) is 389 cm³/mol. The van der Waals surface area contributed by atoms with Crippen LogP contribution >= 0.6 is 0 Å². The number of imide groups is 1. The Kier molecular flexibility index (Phi) is 37.3. The molecule has 2 aliphatic rings. The van der Waals surface area contributed by atoms with Gasteiger partial charge in [0.25, 0.3) is 11.8 Å². The average Bonchev–Trinajstić information content (AvgIpc) is 1.80. The molecule has 101 heavy (non-hydrogen) atoms. The highest BCUT2D eigenvalue weighted by molar-refractivity contribution is 6.12. The van der Waals surface area contributed by atoms with Crippen molar-refractivity contribution in [2.75, 3.05) is 53.3 Å². The Balaban J connectivity index is 0.000000707. The van der Waals surface area contributed by atoms with Gasteiger partial charge in [-0.2, -0.15) is 0 Å². The van der Waals surface area contributed by atoms with E-state index in [4.69, 9.17) is 19.9 Å². The van der Waals surface area contributed by atoms with Crippen LogP contribution in [-0.2, 0) is 75.2 Å². The highest BCUT2D eigenvalue weighted by Crippen LogP contribution is 2.31. The molecule has 564 valence electrons. The number of hydrogen-bond donors (Lipinski definition) is 5. The normalized spacial score (nSPS) is 16.7. The second kappa shape index (κ2) is 43.2. The molecule has 24 nitrogen and oxygen atoms in total. The molecular weight excluding hydrogens is 1290 g/mol. The van der Waals surface area contributed by atoms with E-state index >= 15 is 0 Å². The number of rotatable bonds is 41. The number of ketones is 3. The molecule has 24 heteroatoms. The number of ether oxygens (including phenoxy) is 3. The second-order valence-corrected chi connectivity index (χ2v) is 29.5. The standard InChI is InChI=1S/C52H83N7O11.C25H38N2O4/c1-13-35(9)48(42(14-2)69-12)57(10)50(66)39(32(3)4)30-41(61)47(34(7)8)58(11)52(68)70-31-36-21-23-38(24-22-36)55-49(65)37(19-18-27-54-51(53)67)29-40(60)46(33(5)6)56-43(62)20-16-15-17-28-59-44(63)25-26-45(59)64;1-17(23(31-6)21-13-10-14-27(21)18(2)28)24(30)26-20(22(29)16-25(3,4)5)15-19-11-8-7-9-12-19/h21-26,32-35,37,39,42,46-48H,13-20,27-31H2,1-12H3,(H,55,65)(H,56,62)(H3,53,54,67);7-9,11-12,17,20-21,23H,10,13-16H2,1-6H3,(H,26,30)/t35-,37+,39-,42+,46-,47-,48-;17-,20+,21+,23-/m01/s1. The molecule has 0 aliphatic carbocycles. The van der Waals surface area contributed by atoms with E-state index in [9.17, 15) is 57.5 Å². The quantitative estimate of drug-likeness (QED) is 0.0305. The minimum absolute atomic E-state index is 0.000493. The topological polar surface area (TPSA) is 320 Å². The first-order valence-corrected chi connectivity index (χ1v) is 36.2. The molecule has 1 saturated heterocycles. The monoisotopic (exact) mass is 1410 g/mol. The van der Waals surface area contributed by atoms with Crippen molar-refractivity contribution < 1.29 is 71.7 Å². The van der Waals surface area contributed by atoms with Crippen molar-refractivity contribution in [1.29, 1.82) is 0 Å². The number of nitrogens with zero attached hydrogens (tertiary/aromatic N) is 4. The van der Waals surface area contributed by atoms with Gasteiger partial charge in [-0.1, -0.05) is 145 Å². The van der Waals surface area contributed by atoms with E-state index in [1.165, 1.54) is 24.1 Å². The van der Waals surface area contributed by atoms with Crippen molar-refractivity contribution in [2.24, 2.45) is 52.6 Å². The number of anilines is 1. The van der Waals surface area contributed by atoms with Crippen molar-refractivity contribution in [3.8, 4) is 0 Å². The zero-order valence-corrected chi connectivity index (χ0v) is 63.7. The Morgan fingerprint density at radius 3 is 1.87 bits per heavy atom. The SMILES string of the molecule is CC[C@H](C)[C@@H]([C@@H](CC)OC)N(C)C(=O)[C@@H](CC(=O)[C@H](C(C)C)N(C)C(=O)OCc1ccc(NC(=O)[C@H](CCCNC(N)=O)CC(=O)[C@@H](NC(=O)CCCCCN2C(=O)C=CC2=O)C(C)C)cc1)C(C)C.CO[C@H]([C@@H](C)C(=O)N[C@@H](Cc1ccccc1)C(=O)CC(C)(C)C)[C@@H]1CCCN1C(C)=O. The number of methoxy groups -OCH3 is 2. The summed E-state index contributed by atoms with van der Waals surface area (Å²) < 4.78 is 17.1. The number of amides is 10. The lowest BCUT2D eigenvalue weighted by molar-refractivity contribution is -0.145. The molecule has 0 aromatic heterocycles. The maximum atomic E-state index is 14.1. The first-order chi connectivity index (χ1) is 47.5. The lowest BCUT2D eigenvalue weighted by Crippen LogP contribution is -2.52. The van der Waals surface area contributed by atoms with E-state index in [1.807, 2.05) is 92.6 Å². The van der Waals surface area contributed by atoms with Crippen molar-refractivity contribution in [3.05, 3.63) is 77.9 Å². The zero-order valence-electron chi connectivity index (χ0n) is 63.7. The van der Waals surface area contributed by atoms with E-state index in [0.29, 0.717) is 56.3 Å². The third kappa shape index (κ3) is 28.5. The third-order valence-corrected chi connectivity index (χ3v) is 19.2. The molecule has 0 bridgehead atoms. The highest BCUT2D eigenvalue weighted by Gasteiger charge is 2.42. The number of carbonyl (C=O) groups excluding carboxylic acids is 12. The van der Waals surface area contributed by atoms with E-state index in [2.05, 4.69) is 35.1 Å². The van der Waals surface area contributed by atoms with Crippen molar-refractivity contribution in [3.63, 3.8) is 0 Å². The second-order valence-electron chi connectivity index (χ2n) is 29.5. The number of benzene rings is 2. The summed E-state index contributed by atoms with van der Waals surface area (Å²) in [4.78, 5) is 161. The third-order valence-electron chi connectivity index (χ3n) is 19.2. The minimum atomic E-state index is -0.858. The lowest BCUT2D eigenvalue weighted by atomic mass is 9.83. The van der Waals surface area contributed by atoms with Crippen LogP contribution in [0.5, 0.6) is 0 Å². The number of urea groups is 1. The Morgan fingerprint density at radius 2 is 1.34 bits per heavy atom. The summed E-state index contributed by atoms with van der Waals surface area (Å²) in [6.45, 7) is 27.8. The number of likely N-dealkylation sites (N-methyl/N-ethyl adjacent to an activating group) is 2. The molecule has 10 amide bonds. The van der Waals surface area contributed by atoms with Gasteiger partial charge in [0, 0.05) is 110 Å². The molecule has 0 radical (unpaired) electrons. The van der Waals surface area contributed by atoms with E-state index in [-0.39, 0.29) is 145 Å². The van der Waals surface area contributed by atoms with Crippen LogP contribution in [0.15, 0.2) is 66.7 Å². The summed E-state index contributed by atoms with van der Waals surface area (Å²) in [5, 5.41) is 11.2. The maximum absolute atomic E-state index is 14.1. The molecule has 11 atom stereocenters. The van der Waals surface area contributed by atoms with Gasteiger partial charge in [0.2, 0.25) is 29.5 Å². The van der Waals surface area contributed by atoms with Crippen LogP contribution < -0.4 is 27.0 Å². The number of likely N-dealkylation sites (tertiary alicyclic amines) is 1. The Hall–Kier alpha value is -7.86. The molecular formula is C77H121N9O15. The first kappa shape index (κ1) is 87.4. The molecule has 0 spiro atoms. The number of carbonyl (C=O) groups is 12. The van der Waals surface area contributed by atoms with Gasteiger partial charge in [-0.3, -0.25) is 52.8 Å². The lowest BCUT2D eigenvalue weighted by Gasteiger charge is -2.40. The highest BCUT2D eigenvalue weighted by atomic mass is 16.6. The van der Waals surface area contributed by atoms with Gasteiger partial charge in [-0.15, -0.1) is 0 Å². The van der Waals surface area contributed by atoms with Crippen LogP contribution in [0.2, 0.25) is 0 Å².